The number of rotatable bonds is 4. The Bertz CT molecular complexity index is 612. The Morgan fingerprint density at radius 2 is 2.15 bits per heavy atom. The molecule has 0 aromatic heterocycles. The maximum Gasteiger partial charge on any atom is 0.123 e. The van der Waals surface area contributed by atoms with Crippen LogP contribution in [0.1, 0.15) is 18.1 Å². The van der Waals surface area contributed by atoms with Gasteiger partial charge in [-0.25, -0.2) is 4.39 Å². The highest BCUT2D eigenvalue weighted by atomic mass is 19.1. The predicted octanol–water partition coefficient (Wildman–Crippen LogP) is 3.80. The fraction of sp³-hybridized carbons (Fsp3) is 0.294. The summed E-state index contributed by atoms with van der Waals surface area (Å²) in [6.07, 6.45) is 1.77. The highest BCUT2D eigenvalue weighted by Gasteiger charge is 2.12. The Morgan fingerprint density at radius 1 is 1.25 bits per heavy atom. The molecule has 20 heavy (non-hydrogen) atoms. The molecule has 0 saturated carbocycles. The van der Waals surface area contributed by atoms with Gasteiger partial charge in [-0.05, 0) is 54.8 Å². The van der Waals surface area contributed by atoms with Crippen molar-refractivity contribution < 1.29 is 9.13 Å². The lowest BCUT2D eigenvalue weighted by atomic mass is 10.1. The summed E-state index contributed by atoms with van der Waals surface area (Å²) in [5.41, 5.74) is 3.36. The van der Waals surface area contributed by atoms with Gasteiger partial charge in [0.1, 0.15) is 11.6 Å². The highest BCUT2D eigenvalue weighted by Crippen LogP contribution is 2.28. The quantitative estimate of drug-likeness (QED) is 0.913. The lowest BCUT2D eigenvalue weighted by Crippen LogP contribution is -2.18. The Balaban J connectivity index is 1.65. The summed E-state index contributed by atoms with van der Waals surface area (Å²) < 4.78 is 18.7. The molecular formula is C17H18FNO. The zero-order valence-electron chi connectivity index (χ0n) is 11.5. The minimum Gasteiger partial charge on any atom is -0.493 e. The van der Waals surface area contributed by atoms with Crippen molar-refractivity contribution in [2.24, 2.45) is 0 Å². The van der Waals surface area contributed by atoms with Gasteiger partial charge in [-0.3, -0.25) is 0 Å². The van der Waals surface area contributed by atoms with Crippen LogP contribution in [0.4, 0.5) is 10.1 Å². The topological polar surface area (TPSA) is 21.3 Å². The second-order valence-electron chi connectivity index (χ2n) is 5.30. The van der Waals surface area contributed by atoms with Gasteiger partial charge in [-0.1, -0.05) is 12.1 Å². The molecule has 3 rings (SSSR count). The normalized spacial score (nSPS) is 14.5. The fourth-order valence-electron chi connectivity index (χ4n) is 2.63. The molecule has 2 nitrogen and oxygen atoms in total. The highest BCUT2D eigenvalue weighted by molar-refractivity contribution is 5.53. The van der Waals surface area contributed by atoms with Gasteiger partial charge in [-0.15, -0.1) is 0 Å². The second-order valence-corrected chi connectivity index (χ2v) is 5.30. The average molecular weight is 271 g/mol. The molecule has 0 spiro atoms. The predicted molar refractivity (Wildman–Crippen MR) is 78.8 cm³/mol. The number of nitrogens with one attached hydrogen (secondary N) is 1. The van der Waals surface area contributed by atoms with E-state index in [2.05, 4.69) is 18.3 Å². The molecule has 1 atom stereocenters. The lowest BCUT2D eigenvalue weighted by molar-refractivity contribution is 0.357. The van der Waals surface area contributed by atoms with Crippen LogP contribution >= 0.6 is 0 Å². The fourth-order valence-corrected chi connectivity index (χ4v) is 2.63. The van der Waals surface area contributed by atoms with Crippen LogP contribution in [0.3, 0.4) is 0 Å². The van der Waals surface area contributed by atoms with Gasteiger partial charge in [0.15, 0.2) is 0 Å². The van der Waals surface area contributed by atoms with Crippen molar-refractivity contribution in [1.82, 2.24) is 0 Å². The molecule has 2 aromatic carbocycles. The van der Waals surface area contributed by atoms with Crippen LogP contribution in [0.15, 0.2) is 42.5 Å². The number of ether oxygens (including phenoxy) is 1. The number of hydrogen-bond acceptors (Lipinski definition) is 2. The van der Waals surface area contributed by atoms with Crippen LogP contribution < -0.4 is 10.1 Å². The molecule has 2 aromatic rings. The van der Waals surface area contributed by atoms with Gasteiger partial charge in [-0.2, -0.15) is 0 Å². The molecule has 1 aliphatic rings. The zero-order valence-corrected chi connectivity index (χ0v) is 11.5. The van der Waals surface area contributed by atoms with E-state index in [-0.39, 0.29) is 11.9 Å². The van der Waals surface area contributed by atoms with Gasteiger partial charge in [0.2, 0.25) is 0 Å². The Kier molecular flexibility index (Phi) is 3.59. The number of halogens is 1. The van der Waals surface area contributed by atoms with Gasteiger partial charge >= 0.3 is 0 Å². The molecule has 1 unspecified atom stereocenters. The summed E-state index contributed by atoms with van der Waals surface area (Å²) in [6.45, 7) is 2.88. The van der Waals surface area contributed by atoms with E-state index in [1.807, 2.05) is 18.2 Å². The summed E-state index contributed by atoms with van der Waals surface area (Å²) in [6, 6.07) is 13.2. The molecule has 0 aliphatic carbocycles. The van der Waals surface area contributed by atoms with E-state index in [0.717, 1.165) is 36.4 Å². The lowest BCUT2D eigenvalue weighted by Gasteiger charge is -2.16. The summed E-state index contributed by atoms with van der Waals surface area (Å²) in [5, 5.41) is 3.46. The molecule has 0 fully saturated rings. The standard InChI is InChI=1S/C17H18FNO/c1-12(9-13-3-2-4-15(18)10-13)19-16-5-6-17-14(11-16)7-8-20-17/h2-6,10-12,19H,7-9H2,1H3. The van der Waals surface area contributed by atoms with Crippen LogP contribution in [0.5, 0.6) is 5.75 Å². The number of benzene rings is 2. The summed E-state index contributed by atoms with van der Waals surface area (Å²) >= 11 is 0. The summed E-state index contributed by atoms with van der Waals surface area (Å²) in [4.78, 5) is 0. The number of hydrogen-bond donors (Lipinski definition) is 1. The maximum absolute atomic E-state index is 13.2. The van der Waals surface area contributed by atoms with Crippen LogP contribution in [0.25, 0.3) is 0 Å². The molecule has 0 amide bonds. The Morgan fingerprint density at radius 3 is 3.00 bits per heavy atom. The molecule has 1 aliphatic heterocycles. The van der Waals surface area contributed by atoms with Crippen molar-refractivity contribution in [1.29, 1.82) is 0 Å². The van der Waals surface area contributed by atoms with Crippen LogP contribution in [-0.2, 0) is 12.8 Å². The third kappa shape index (κ3) is 2.93. The first-order chi connectivity index (χ1) is 9.70. The van der Waals surface area contributed by atoms with Crippen molar-refractivity contribution in [2.75, 3.05) is 11.9 Å². The van der Waals surface area contributed by atoms with Gasteiger partial charge < -0.3 is 10.1 Å². The van der Waals surface area contributed by atoms with Gasteiger partial charge in [0.25, 0.3) is 0 Å². The smallest absolute Gasteiger partial charge is 0.123 e. The van der Waals surface area contributed by atoms with E-state index < -0.39 is 0 Å². The molecule has 0 saturated heterocycles. The Hall–Kier alpha value is -2.03. The molecule has 0 radical (unpaired) electrons. The number of anilines is 1. The van der Waals surface area contributed by atoms with Crippen LogP contribution in [-0.4, -0.2) is 12.6 Å². The minimum atomic E-state index is -0.177. The van der Waals surface area contributed by atoms with Gasteiger partial charge in [0, 0.05) is 18.2 Å². The average Bonchev–Trinajstić information content (AvgIpc) is 2.86. The van der Waals surface area contributed by atoms with E-state index in [0.29, 0.717) is 0 Å². The van der Waals surface area contributed by atoms with Crippen LogP contribution in [0.2, 0.25) is 0 Å². The third-order valence-electron chi connectivity index (χ3n) is 3.53. The largest absolute Gasteiger partial charge is 0.493 e. The Labute approximate surface area is 118 Å². The molecule has 104 valence electrons. The van der Waals surface area contributed by atoms with Crippen molar-refractivity contribution in [3.63, 3.8) is 0 Å². The maximum atomic E-state index is 13.2. The number of fused-ring (bicyclic) bond motifs is 1. The SMILES string of the molecule is CC(Cc1cccc(F)c1)Nc1ccc2c(c1)CCO2. The molecule has 1 heterocycles. The van der Waals surface area contributed by atoms with Gasteiger partial charge in [0.05, 0.1) is 6.61 Å². The summed E-state index contributed by atoms with van der Waals surface area (Å²) in [7, 11) is 0. The van der Waals surface area contributed by atoms with Crippen molar-refractivity contribution >= 4 is 5.69 Å². The van der Waals surface area contributed by atoms with Crippen molar-refractivity contribution in [3.05, 3.63) is 59.4 Å². The monoisotopic (exact) mass is 271 g/mol. The second kappa shape index (κ2) is 5.53. The summed E-state index contributed by atoms with van der Waals surface area (Å²) in [5.74, 6) is 0.817. The first kappa shape index (κ1) is 13.0. The van der Waals surface area contributed by atoms with Crippen LogP contribution in [0, 0.1) is 5.82 Å². The van der Waals surface area contributed by atoms with E-state index >= 15 is 0 Å². The third-order valence-corrected chi connectivity index (χ3v) is 3.53. The molecule has 3 heteroatoms. The first-order valence-electron chi connectivity index (χ1n) is 6.97. The zero-order chi connectivity index (χ0) is 13.9. The van der Waals surface area contributed by atoms with E-state index in [1.54, 1.807) is 12.1 Å². The molecular weight excluding hydrogens is 253 g/mol. The molecule has 0 bridgehead atoms. The van der Waals surface area contributed by atoms with E-state index in [1.165, 1.54) is 11.6 Å². The van der Waals surface area contributed by atoms with Crippen molar-refractivity contribution in [2.45, 2.75) is 25.8 Å². The van der Waals surface area contributed by atoms with E-state index in [4.69, 9.17) is 4.74 Å². The molecule has 1 N–H and O–H groups in total. The van der Waals surface area contributed by atoms with Crippen molar-refractivity contribution in [3.8, 4) is 5.75 Å². The minimum absolute atomic E-state index is 0.177. The first-order valence-corrected chi connectivity index (χ1v) is 6.97. The van der Waals surface area contributed by atoms with E-state index in [9.17, 15) is 4.39 Å².